The average molecular weight is 530 g/mol. The molecule has 0 aromatic heterocycles. The number of halogens is 1. The van der Waals surface area contributed by atoms with Crippen LogP contribution in [0.1, 0.15) is 65.9 Å². The smallest absolute Gasteiger partial charge is 0.321 e. The predicted molar refractivity (Wildman–Crippen MR) is 138 cm³/mol. The van der Waals surface area contributed by atoms with Crippen LogP contribution in [0.3, 0.4) is 0 Å². The minimum atomic E-state index is -0.00849. The fourth-order valence-electron chi connectivity index (χ4n) is 3.32. The van der Waals surface area contributed by atoms with E-state index >= 15 is 0 Å². The zero-order chi connectivity index (χ0) is 21.3. The summed E-state index contributed by atoms with van der Waals surface area (Å²) in [4.78, 5) is 18.9. The molecule has 3 N–H and O–H groups in total. The molecule has 1 saturated heterocycles. The second-order valence-electron chi connectivity index (χ2n) is 9.16. The number of hydrogen-bond acceptors (Lipinski definition) is 2. The Morgan fingerprint density at radius 3 is 2.57 bits per heavy atom. The molecule has 170 valence electrons. The van der Waals surface area contributed by atoms with E-state index in [4.69, 9.17) is 4.99 Å². The minimum absolute atomic E-state index is 0. The standard InChI is InChI=1S/C23H39N5O.HI/c1-6-24-21(26-18(2)12-13-23(3,4)5)25-17-19-10-9-11-20(16-19)27-22(29)28-14-7-8-15-28;/h9-11,16,18H,6-8,12-15,17H2,1-5H3,(H,27,29)(H2,24,25,26);1H. The van der Waals surface area contributed by atoms with E-state index in [1.807, 2.05) is 29.2 Å². The molecule has 1 aliphatic rings. The van der Waals surface area contributed by atoms with Gasteiger partial charge in [-0.3, -0.25) is 0 Å². The topological polar surface area (TPSA) is 68.8 Å². The van der Waals surface area contributed by atoms with Crippen LogP contribution in [-0.4, -0.2) is 42.6 Å². The van der Waals surface area contributed by atoms with Crippen molar-refractivity contribution < 1.29 is 4.79 Å². The van der Waals surface area contributed by atoms with Crippen LogP contribution >= 0.6 is 24.0 Å². The molecular formula is C23H40IN5O. The summed E-state index contributed by atoms with van der Waals surface area (Å²) in [5.74, 6) is 0.834. The molecule has 0 saturated carbocycles. The Morgan fingerprint density at radius 2 is 1.93 bits per heavy atom. The second-order valence-corrected chi connectivity index (χ2v) is 9.16. The number of nitrogens with one attached hydrogen (secondary N) is 3. The van der Waals surface area contributed by atoms with Crippen molar-refractivity contribution >= 4 is 41.7 Å². The molecule has 1 fully saturated rings. The summed E-state index contributed by atoms with van der Waals surface area (Å²) in [5, 5.41) is 9.84. The van der Waals surface area contributed by atoms with Crippen molar-refractivity contribution in [3.05, 3.63) is 29.8 Å². The third-order valence-corrected chi connectivity index (χ3v) is 5.05. The van der Waals surface area contributed by atoms with Gasteiger partial charge in [-0.05, 0) is 62.6 Å². The summed E-state index contributed by atoms with van der Waals surface area (Å²) in [6.07, 6.45) is 4.46. The van der Waals surface area contributed by atoms with E-state index in [1.165, 1.54) is 6.42 Å². The number of anilines is 1. The van der Waals surface area contributed by atoms with Crippen LogP contribution < -0.4 is 16.0 Å². The molecule has 2 amide bonds. The molecule has 1 aliphatic heterocycles. The average Bonchev–Trinajstić information content (AvgIpc) is 3.19. The number of nitrogens with zero attached hydrogens (tertiary/aromatic N) is 2. The molecule has 1 aromatic carbocycles. The normalized spacial score (nSPS) is 15.4. The quantitative estimate of drug-likeness (QED) is 0.258. The van der Waals surface area contributed by atoms with Crippen LogP contribution in [0.4, 0.5) is 10.5 Å². The third-order valence-electron chi connectivity index (χ3n) is 5.05. The Kier molecular flexibility index (Phi) is 11.5. The van der Waals surface area contributed by atoms with Crippen LogP contribution in [-0.2, 0) is 6.54 Å². The highest BCUT2D eigenvalue weighted by Crippen LogP contribution is 2.21. The molecule has 7 heteroatoms. The van der Waals surface area contributed by atoms with E-state index in [0.717, 1.165) is 56.1 Å². The second kappa shape index (κ2) is 13.0. The molecule has 1 unspecified atom stereocenters. The zero-order valence-corrected chi connectivity index (χ0v) is 21.6. The van der Waals surface area contributed by atoms with Crippen LogP contribution in [0, 0.1) is 5.41 Å². The van der Waals surface area contributed by atoms with Crippen molar-refractivity contribution in [1.82, 2.24) is 15.5 Å². The number of amides is 2. The van der Waals surface area contributed by atoms with E-state index in [1.54, 1.807) is 0 Å². The van der Waals surface area contributed by atoms with E-state index in [0.29, 0.717) is 18.0 Å². The SMILES string of the molecule is CCNC(=NCc1cccc(NC(=O)N2CCCC2)c1)NC(C)CCC(C)(C)C.I. The molecule has 1 aromatic rings. The van der Waals surface area contributed by atoms with Crippen molar-refractivity contribution in [2.75, 3.05) is 25.0 Å². The first-order valence-electron chi connectivity index (χ1n) is 11.0. The molecule has 1 heterocycles. The summed E-state index contributed by atoms with van der Waals surface area (Å²) in [6.45, 7) is 14.2. The molecule has 30 heavy (non-hydrogen) atoms. The summed E-state index contributed by atoms with van der Waals surface area (Å²) in [5.41, 5.74) is 2.24. The van der Waals surface area contributed by atoms with Gasteiger partial charge in [0.1, 0.15) is 0 Å². The van der Waals surface area contributed by atoms with E-state index in [9.17, 15) is 4.79 Å². The fourth-order valence-corrected chi connectivity index (χ4v) is 3.32. The van der Waals surface area contributed by atoms with Crippen molar-refractivity contribution in [1.29, 1.82) is 0 Å². The van der Waals surface area contributed by atoms with Crippen molar-refractivity contribution in [3.8, 4) is 0 Å². The predicted octanol–water partition coefficient (Wildman–Crippen LogP) is 5.20. The van der Waals surface area contributed by atoms with Gasteiger partial charge in [0.2, 0.25) is 0 Å². The van der Waals surface area contributed by atoms with Crippen LogP contribution in [0.15, 0.2) is 29.3 Å². The van der Waals surface area contributed by atoms with Gasteiger partial charge in [-0.2, -0.15) is 0 Å². The van der Waals surface area contributed by atoms with E-state index < -0.39 is 0 Å². The summed E-state index contributed by atoms with van der Waals surface area (Å²) in [6, 6.07) is 8.30. The lowest BCUT2D eigenvalue weighted by Crippen LogP contribution is -2.42. The van der Waals surface area contributed by atoms with E-state index in [2.05, 4.69) is 50.6 Å². The highest BCUT2D eigenvalue weighted by Gasteiger charge is 2.17. The molecular weight excluding hydrogens is 489 g/mol. The maximum Gasteiger partial charge on any atom is 0.321 e. The van der Waals surface area contributed by atoms with Crippen molar-refractivity contribution in [2.24, 2.45) is 10.4 Å². The summed E-state index contributed by atoms with van der Waals surface area (Å²) >= 11 is 0. The lowest BCUT2D eigenvalue weighted by atomic mass is 9.89. The number of aliphatic imine (C=N–C) groups is 1. The van der Waals surface area contributed by atoms with Gasteiger partial charge < -0.3 is 20.9 Å². The number of carbonyl (C=O) groups is 1. The van der Waals surface area contributed by atoms with Crippen molar-refractivity contribution in [3.63, 3.8) is 0 Å². The largest absolute Gasteiger partial charge is 0.357 e. The van der Waals surface area contributed by atoms with Gasteiger partial charge in [-0.25, -0.2) is 9.79 Å². The molecule has 0 radical (unpaired) electrons. The van der Waals surface area contributed by atoms with E-state index in [-0.39, 0.29) is 30.0 Å². The molecule has 2 rings (SSSR count). The monoisotopic (exact) mass is 529 g/mol. The number of rotatable bonds is 7. The Labute approximate surface area is 199 Å². The Hall–Kier alpha value is -1.51. The van der Waals surface area contributed by atoms with Gasteiger partial charge >= 0.3 is 6.03 Å². The molecule has 0 spiro atoms. The third kappa shape index (κ3) is 10.00. The first-order valence-corrected chi connectivity index (χ1v) is 11.0. The summed E-state index contributed by atoms with van der Waals surface area (Å²) in [7, 11) is 0. The summed E-state index contributed by atoms with van der Waals surface area (Å²) < 4.78 is 0. The van der Waals surface area contributed by atoms with Crippen LogP contribution in [0.5, 0.6) is 0 Å². The molecule has 1 atom stereocenters. The van der Waals surface area contributed by atoms with Gasteiger partial charge in [-0.15, -0.1) is 24.0 Å². The highest BCUT2D eigenvalue weighted by atomic mass is 127. The molecule has 0 bridgehead atoms. The maximum absolute atomic E-state index is 12.3. The molecule has 6 nitrogen and oxygen atoms in total. The Balaban J connectivity index is 0.00000450. The number of hydrogen-bond donors (Lipinski definition) is 3. The van der Waals surface area contributed by atoms with Crippen molar-refractivity contribution in [2.45, 2.75) is 72.9 Å². The van der Waals surface area contributed by atoms with Gasteiger partial charge in [0, 0.05) is 31.4 Å². The lowest BCUT2D eigenvalue weighted by molar-refractivity contribution is 0.222. The number of benzene rings is 1. The first kappa shape index (κ1) is 26.5. The van der Waals surface area contributed by atoms with Crippen LogP contribution in [0.25, 0.3) is 0 Å². The first-order chi connectivity index (χ1) is 13.8. The van der Waals surface area contributed by atoms with Gasteiger partial charge in [-0.1, -0.05) is 32.9 Å². The minimum Gasteiger partial charge on any atom is -0.357 e. The number of guanidine groups is 1. The number of likely N-dealkylation sites (tertiary alicyclic amines) is 1. The maximum atomic E-state index is 12.3. The van der Waals surface area contributed by atoms with Gasteiger partial charge in [0.15, 0.2) is 5.96 Å². The number of carbonyl (C=O) groups excluding carboxylic acids is 1. The molecule has 0 aliphatic carbocycles. The zero-order valence-electron chi connectivity index (χ0n) is 19.3. The Bertz CT molecular complexity index is 680. The van der Waals surface area contributed by atoms with Gasteiger partial charge in [0.05, 0.1) is 6.54 Å². The van der Waals surface area contributed by atoms with Gasteiger partial charge in [0.25, 0.3) is 0 Å². The lowest BCUT2D eigenvalue weighted by Gasteiger charge is -2.23. The number of urea groups is 1. The Morgan fingerprint density at radius 1 is 1.23 bits per heavy atom. The fraction of sp³-hybridized carbons (Fsp3) is 0.652. The van der Waals surface area contributed by atoms with Crippen LogP contribution in [0.2, 0.25) is 0 Å². The highest BCUT2D eigenvalue weighted by molar-refractivity contribution is 14.0.